The summed E-state index contributed by atoms with van der Waals surface area (Å²) in [7, 11) is 1.60. The third-order valence-corrected chi connectivity index (χ3v) is 3.92. The first kappa shape index (κ1) is 17.8. The third-order valence-electron chi connectivity index (χ3n) is 3.92. The lowest BCUT2D eigenvalue weighted by Gasteiger charge is -2.21. The highest BCUT2D eigenvalue weighted by atomic mass is 19.1. The van der Waals surface area contributed by atoms with Gasteiger partial charge in [0.15, 0.2) is 0 Å². The van der Waals surface area contributed by atoms with Gasteiger partial charge in [-0.3, -0.25) is 14.9 Å². The van der Waals surface area contributed by atoms with Gasteiger partial charge in [-0.25, -0.2) is 4.39 Å². The van der Waals surface area contributed by atoms with Crippen molar-refractivity contribution in [2.75, 3.05) is 20.3 Å². The molecule has 1 aromatic carbocycles. The number of hydrogen-bond donors (Lipinski definition) is 1. The van der Waals surface area contributed by atoms with Crippen LogP contribution in [0.15, 0.2) is 54.9 Å². The van der Waals surface area contributed by atoms with Crippen LogP contribution < -0.4 is 0 Å². The molecular weight excluding hydrogens is 335 g/mol. The number of aromatic amines is 1. The Kier molecular flexibility index (Phi) is 5.70. The molecule has 0 saturated heterocycles. The van der Waals surface area contributed by atoms with E-state index in [0.717, 1.165) is 11.1 Å². The topological polar surface area (TPSA) is 71.1 Å². The van der Waals surface area contributed by atoms with E-state index in [2.05, 4.69) is 15.2 Å². The van der Waals surface area contributed by atoms with Gasteiger partial charge in [0.05, 0.1) is 12.3 Å². The summed E-state index contributed by atoms with van der Waals surface area (Å²) >= 11 is 0. The first-order valence-electron chi connectivity index (χ1n) is 8.16. The largest absolute Gasteiger partial charge is 0.383 e. The van der Waals surface area contributed by atoms with Crippen molar-refractivity contribution in [3.05, 3.63) is 71.9 Å². The maximum Gasteiger partial charge on any atom is 0.272 e. The number of nitrogens with zero attached hydrogens (tertiary/aromatic N) is 3. The molecule has 6 nitrogen and oxygen atoms in total. The molecule has 1 amide bonds. The Morgan fingerprint density at radius 3 is 2.62 bits per heavy atom. The number of aromatic nitrogens is 3. The van der Waals surface area contributed by atoms with Gasteiger partial charge in [0.25, 0.3) is 5.91 Å². The maximum absolute atomic E-state index is 13.1. The Balaban J connectivity index is 1.79. The molecule has 0 bridgehead atoms. The van der Waals surface area contributed by atoms with Crippen molar-refractivity contribution in [3.8, 4) is 11.3 Å². The Morgan fingerprint density at radius 2 is 1.92 bits per heavy atom. The van der Waals surface area contributed by atoms with E-state index in [9.17, 15) is 9.18 Å². The van der Waals surface area contributed by atoms with Crippen LogP contribution in [0.4, 0.5) is 4.39 Å². The van der Waals surface area contributed by atoms with Crippen molar-refractivity contribution >= 4 is 5.91 Å². The summed E-state index contributed by atoms with van der Waals surface area (Å²) in [6, 6.07) is 11.4. The van der Waals surface area contributed by atoms with Crippen molar-refractivity contribution in [1.29, 1.82) is 0 Å². The number of carbonyl (C=O) groups is 1. The number of benzene rings is 1. The number of methoxy groups -OCH3 is 1. The molecule has 134 valence electrons. The fraction of sp³-hybridized carbons (Fsp3) is 0.211. The Hall–Kier alpha value is -3.06. The summed E-state index contributed by atoms with van der Waals surface area (Å²) in [6.07, 6.45) is 3.38. The summed E-state index contributed by atoms with van der Waals surface area (Å²) in [5, 5.41) is 6.94. The molecule has 0 aliphatic carbocycles. The van der Waals surface area contributed by atoms with Crippen LogP contribution in [0.1, 0.15) is 16.1 Å². The molecule has 0 fully saturated rings. The lowest BCUT2D eigenvalue weighted by atomic mass is 10.1. The minimum atomic E-state index is -0.316. The Morgan fingerprint density at radius 1 is 1.19 bits per heavy atom. The van der Waals surface area contributed by atoms with Crippen LogP contribution in [-0.4, -0.2) is 46.2 Å². The molecule has 0 aliphatic rings. The molecule has 0 saturated carbocycles. The molecule has 1 N–H and O–H groups in total. The average molecular weight is 354 g/mol. The molecule has 2 heterocycles. The highest BCUT2D eigenvalue weighted by Crippen LogP contribution is 2.19. The third kappa shape index (κ3) is 4.31. The van der Waals surface area contributed by atoms with E-state index in [4.69, 9.17) is 4.74 Å². The zero-order valence-corrected chi connectivity index (χ0v) is 14.4. The number of nitrogens with one attached hydrogen (secondary N) is 1. The Labute approximate surface area is 150 Å². The van der Waals surface area contributed by atoms with Crippen LogP contribution in [0, 0.1) is 5.82 Å². The van der Waals surface area contributed by atoms with Gasteiger partial charge >= 0.3 is 0 Å². The van der Waals surface area contributed by atoms with Gasteiger partial charge in [0.1, 0.15) is 11.5 Å². The van der Waals surface area contributed by atoms with E-state index in [-0.39, 0.29) is 11.7 Å². The van der Waals surface area contributed by atoms with Crippen LogP contribution >= 0.6 is 0 Å². The number of hydrogen-bond acceptors (Lipinski definition) is 4. The molecule has 0 atom stereocenters. The van der Waals surface area contributed by atoms with E-state index in [0.29, 0.717) is 31.1 Å². The zero-order chi connectivity index (χ0) is 18.4. The predicted molar refractivity (Wildman–Crippen MR) is 94.8 cm³/mol. The summed E-state index contributed by atoms with van der Waals surface area (Å²) in [6.45, 7) is 1.31. The van der Waals surface area contributed by atoms with Gasteiger partial charge in [0, 0.05) is 38.2 Å². The summed E-state index contributed by atoms with van der Waals surface area (Å²) in [5.74, 6) is -0.497. The second kappa shape index (κ2) is 8.35. The molecule has 0 aliphatic heterocycles. The molecule has 2 aromatic heterocycles. The quantitative estimate of drug-likeness (QED) is 0.708. The molecule has 0 radical (unpaired) electrons. The molecule has 0 spiro atoms. The number of carbonyl (C=O) groups excluding carboxylic acids is 1. The van der Waals surface area contributed by atoms with Crippen molar-refractivity contribution in [2.45, 2.75) is 6.54 Å². The first-order valence-corrected chi connectivity index (χ1v) is 8.16. The second-order valence-corrected chi connectivity index (χ2v) is 5.75. The maximum atomic E-state index is 13.1. The Bertz CT molecular complexity index is 849. The van der Waals surface area contributed by atoms with Gasteiger partial charge in [-0.1, -0.05) is 0 Å². The molecule has 7 heteroatoms. The van der Waals surface area contributed by atoms with E-state index < -0.39 is 0 Å². The summed E-state index contributed by atoms with van der Waals surface area (Å²) in [4.78, 5) is 18.5. The first-order chi connectivity index (χ1) is 12.7. The number of ether oxygens (including phenoxy) is 1. The van der Waals surface area contributed by atoms with Crippen LogP contribution in [0.2, 0.25) is 0 Å². The van der Waals surface area contributed by atoms with Crippen LogP contribution in [-0.2, 0) is 11.3 Å². The predicted octanol–water partition coefficient (Wildman–Crippen LogP) is 2.90. The van der Waals surface area contributed by atoms with Crippen molar-refractivity contribution in [1.82, 2.24) is 20.1 Å². The fourth-order valence-electron chi connectivity index (χ4n) is 2.53. The average Bonchev–Trinajstić information content (AvgIpc) is 3.16. The molecule has 26 heavy (non-hydrogen) atoms. The van der Waals surface area contributed by atoms with E-state index in [1.165, 1.54) is 12.1 Å². The fourth-order valence-corrected chi connectivity index (χ4v) is 2.53. The minimum absolute atomic E-state index is 0.181. The van der Waals surface area contributed by atoms with Gasteiger partial charge < -0.3 is 9.64 Å². The summed E-state index contributed by atoms with van der Waals surface area (Å²) < 4.78 is 18.2. The van der Waals surface area contributed by atoms with Gasteiger partial charge in [-0.05, 0) is 48.0 Å². The lowest BCUT2D eigenvalue weighted by molar-refractivity contribution is 0.0674. The highest BCUT2D eigenvalue weighted by Gasteiger charge is 2.19. The smallest absolute Gasteiger partial charge is 0.272 e. The molecule has 0 unspecified atom stereocenters. The minimum Gasteiger partial charge on any atom is -0.383 e. The van der Waals surface area contributed by atoms with E-state index in [1.54, 1.807) is 42.6 Å². The number of H-pyrrole nitrogens is 1. The summed E-state index contributed by atoms with van der Waals surface area (Å²) in [5.41, 5.74) is 2.67. The molecule has 3 rings (SSSR count). The lowest BCUT2D eigenvalue weighted by Crippen LogP contribution is -2.33. The molecular formula is C19H19FN4O2. The molecule has 3 aromatic rings. The van der Waals surface area contributed by atoms with Gasteiger partial charge in [-0.15, -0.1) is 0 Å². The number of halogens is 1. The second-order valence-electron chi connectivity index (χ2n) is 5.75. The normalized spacial score (nSPS) is 10.7. The van der Waals surface area contributed by atoms with Crippen molar-refractivity contribution < 1.29 is 13.9 Å². The van der Waals surface area contributed by atoms with Crippen LogP contribution in [0.25, 0.3) is 11.3 Å². The number of amides is 1. The number of rotatable bonds is 7. The monoisotopic (exact) mass is 354 g/mol. The SMILES string of the molecule is COCCN(Cc1ccncc1)C(=O)c1cc(-c2ccc(F)cc2)n[nH]1. The van der Waals surface area contributed by atoms with Gasteiger partial charge in [-0.2, -0.15) is 5.10 Å². The van der Waals surface area contributed by atoms with Crippen LogP contribution in [0.5, 0.6) is 0 Å². The van der Waals surface area contributed by atoms with Gasteiger partial charge in [0.2, 0.25) is 0 Å². The standard InChI is InChI=1S/C19H19FN4O2/c1-26-11-10-24(13-14-6-8-21-9-7-14)19(25)18-12-17(22-23-18)15-2-4-16(20)5-3-15/h2-9,12H,10-11,13H2,1H3,(H,22,23). The van der Waals surface area contributed by atoms with E-state index in [1.807, 2.05) is 12.1 Å². The van der Waals surface area contributed by atoms with Crippen molar-refractivity contribution in [2.24, 2.45) is 0 Å². The highest BCUT2D eigenvalue weighted by molar-refractivity contribution is 5.93. The zero-order valence-electron chi connectivity index (χ0n) is 14.4. The van der Waals surface area contributed by atoms with Crippen molar-refractivity contribution in [3.63, 3.8) is 0 Å². The van der Waals surface area contributed by atoms with Crippen LogP contribution in [0.3, 0.4) is 0 Å². The van der Waals surface area contributed by atoms with E-state index >= 15 is 0 Å². The number of pyridine rings is 1.